The molecular weight excluding hydrogens is 761 g/mol. The molecule has 0 radical (unpaired) electrons. The first-order valence-electron chi connectivity index (χ1n) is 21.7. The molecule has 0 unspecified atom stereocenters. The van der Waals surface area contributed by atoms with Gasteiger partial charge in [-0.15, -0.1) is 0 Å². The van der Waals surface area contributed by atoms with Crippen molar-refractivity contribution < 1.29 is 0 Å². The van der Waals surface area contributed by atoms with Gasteiger partial charge in [0.2, 0.25) is 0 Å². The van der Waals surface area contributed by atoms with Crippen molar-refractivity contribution in [2.75, 3.05) is 0 Å². The second-order valence-corrected chi connectivity index (χ2v) is 16.8. The minimum Gasteiger partial charge on any atom is -0.245 e. The third kappa shape index (κ3) is 5.25. The molecule has 0 saturated heterocycles. The molecule has 10 aromatic carbocycles. The maximum atomic E-state index is 5.40. The van der Waals surface area contributed by atoms with Crippen molar-refractivity contribution in [1.29, 1.82) is 0 Å². The van der Waals surface area contributed by atoms with E-state index < -0.39 is 5.41 Å². The molecule has 0 amide bonds. The van der Waals surface area contributed by atoms with Gasteiger partial charge >= 0.3 is 0 Å². The quantitative estimate of drug-likeness (QED) is 0.162. The summed E-state index contributed by atoms with van der Waals surface area (Å²) in [7, 11) is 0. The molecule has 1 aliphatic carbocycles. The zero-order valence-corrected chi connectivity index (χ0v) is 34.3. The summed E-state index contributed by atoms with van der Waals surface area (Å²) in [5, 5.41) is 9.53. The number of hydrogen-bond acceptors (Lipinski definition) is 2. The zero-order valence-electron chi connectivity index (χ0n) is 34.3. The number of pyridine rings is 2. The highest BCUT2D eigenvalue weighted by atomic mass is 14.8. The molecule has 0 aliphatic heterocycles. The molecule has 0 spiro atoms. The van der Waals surface area contributed by atoms with E-state index >= 15 is 0 Å². The molecule has 0 bridgehead atoms. The Hall–Kier alpha value is -8.20. The fraction of sp³-hybridized carbons (Fsp3) is 0.0164. The molecule has 2 nitrogen and oxygen atoms in total. The van der Waals surface area contributed by atoms with Crippen molar-refractivity contribution in [1.82, 2.24) is 9.97 Å². The maximum absolute atomic E-state index is 5.40. The van der Waals surface area contributed by atoms with E-state index in [0.29, 0.717) is 0 Å². The Balaban J connectivity index is 1.04. The summed E-state index contributed by atoms with van der Waals surface area (Å²) in [4.78, 5) is 10.6. The van der Waals surface area contributed by atoms with Crippen LogP contribution in [0.1, 0.15) is 22.3 Å². The highest BCUT2D eigenvalue weighted by molar-refractivity contribution is 6.20. The lowest BCUT2D eigenvalue weighted by molar-refractivity contribution is 0.776. The second kappa shape index (κ2) is 13.9. The predicted molar refractivity (Wildman–Crippen MR) is 263 cm³/mol. The van der Waals surface area contributed by atoms with Crippen molar-refractivity contribution in [2.24, 2.45) is 0 Å². The van der Waals surface area contributed by atoms with Crippen molar-refractivity contribution in [3.63, 3.8) is 0 Å². The predicted octanol–water partition coefficient (Wildman–Crippen LogP) is 15.6. The number of hydrogen-bond donors (Lipinski definition) is 0. The van der Waals surface area contributed by atoms with Crippen molar-refractivity contribution in [3.8, 4) is 44.8 Å². The van der Waals surface area contributed by atoms with E-state index in [1.54, 1.807) is 0 Å². The summed E-state index contributed by atoms with van der Waals surface area (Å²) < 4.78 is 0. The first-order chi connectivity index (χ1) is 31.3. The fourth-order valence-corrected chi connectivity index (χ4v) is 10.8. The van der Waals surface area contributed by atoms with E-state index in [-0.39, 0.29) is 0 Å². The van der Waals surface area contributed by atoms with Crippen LogP contribution in [0.4, 0.5) is 0 Å². The summed E-state index contributed by atoms with van der Waals surface area (Å²) >= 11 is 0. The largest absolute Gasteiger partial charge is 0.245 e. The monoisotopic (exact) mass is 798 g/mol. The van der Waals surface area contributed by atoms with E-state index in [1.165, 1.54) is 76.8 Å². The molecule has 1 aliphatic rings. The molecule has 0 N–H and O–H groups in total. The van der Waals surface area contributed by atoms with E-state index in [1.807, 2.05) is 6.07 Å². The number of aromatic nitrogens is 2. The van der Waals surface area contributed by atoms with Crippen LogP contribution in [-0.2, 0) is 5.41 Å². The van der Waals surface area contributed by atoms with Crippen LogP contribution in [0.2, 0.25) is 0 Å². The minimum atomic E-state index is -0.511. The van der Waals surface area contributed by atoms with Crippen LogP contribution in [0.15, 0.2) is 231 Å². The Bertz CT molecular complexity index is 3740. The van der Waals surface area contributed by atoms with E-state index in [9.17, 15) is 0 Å². The van der Waals surface area contributed by atoms with Gasteiger partial charge in [0.05, 0.1) is 27.8 Å². The van der Waals surface area contributed by atoms with Crippen LogP contribution in [0, 0.1) is 0 Å². The summed E-state index contributed by atoms with van der Waals surface area (Å²) in [6.07, 6.45) is 0. The van der Waals surface area contributed by atoms with Gasteiger partial charge in [0.1, 0.15) is 0 Å². The number of nitrogens with zero attached hydrogens (tertiary/aromatic N) is 2. The number of rotatable bonds is 5. The van der Waals surface area contributed by atoms with Gasteiger partial charge < -0.3 is 0 Å². The lowest BCUT2D eigenvalue weighted by atomic mass is 9.66. The molecule has 0 saturated carbocycles. The standard InChI is InChI=1S/C61H38N2/c1-4-16-39(17-5-1)55-36-33-40-30-31-41-34-37-56(63-60(41)59(40)62-55)50-28-15-25-45-46(50)26-14-27-47(45)53-38-42-32-35-52-49-23-12-13-29-54(49)61(43-18-6-2-7-19-43,44-20-8-3-9-21-44)58(52)57(42)51-24-11-10-22-48(51)53/h1-38H. The molecule has 12 aromatic rings. The lowest BCUT2D eigenvalue weighted by Crippen LogP contribution is -2.28. The van der Waals surface area contributed by atoms with Gasteiger partial charge in [0, 0.05) is 21.9 Å². The third-order valence-electron chi connectivity index (χ3n) is 13.5. The summed E-state index contributed by atoms with van der Waals surface area (Å²) in [5.41, 5.74) is 15.6. The molecule has 0 atom stereocenters. The van der Waals surface area contributed by atoms with Crippen LogP contribution in [0.5, 0.6) is 0 Å². The number of benzene rings is 10. The van der Waals surface area contributed by atoms with Crippen LogP contribution < -0.4 is 0 Å². The van der Waals surface area contributed by atoms with Gasteiger partial charge in [-0.1, -0.05) is 212 Å². The van der Waals surface area contributed by atoms with Gasteiger partial charge in [-0.25, -0.2) is 9.97 Å². The molecule has 13 rings (SSSR count). The molecule has 63 heavy (non-hydrogen) atoms. The van der Waals surface area contributed by atoms with E-state index in [4.69, 9.17) is 9.97 Å². The van der Waals surface area contributed by atoms with Crippen molar-refractivity contribution in [3.05, 3.63) is 253 Å². The van der Waals surface area contributed by atoms with Crippen molar-refractivity contribution in [2.45, 2.75) is 5.41 Å². The fourth-order valence-electron chi connectivity index (χ4n) is 10.8. The molecule has 2 heteroatoms. The molecule has 0 fully saturated rings. The second-order valence-electron chi connectivity index (χ2n) is 16.8. The van der Waals surface area contributed by atoms with Crippen LogP contribution in [0.3, 0.4) is 0 Å². The molecule has 2 aromatic heterocycles. The third-order valence-corrected chi connectivity index (χ3v) is 13.5. The zero-order chi connectivity index (χ0) is 41.5. The highest BCUT2D eigenvalue weighted by Crippen LogP contribution is 2.59. The Labute approximate surface area is 365 Å². The molecule has 292 valence electrons. The smallest absolute Gasteiger partial charge is 0.0972 e. The SMILES string of the molecule is c1ccc(-c2ccc3ccc4ccc(-c5cccc6c(-c7cc8ccc9c(c8c8ccccc78)C(c7ccccc7)(c7ccccc7)c7ccccc7-9)cccc56)nc4c3n2)cc1. The van der Waals surface area contributed by atoms with Crippen molar-refractivity contribution >= 4 is 54.1 Å². The average molecular weight is 799 g/mol. The van der Waals surface area contributed by atoms with E-state index in [0.717, 1.165) is 44.3 Å². The van der Waals surface area contributed by atoms with Crippen LogP contribution >= 0.6 is 0 Å². The average Bonchev–Trinajstić information content (AvgIpc) is 3.67. The minimum absolute atomic E-state index is 0.511. The van der Waals surface area contributed by atoms with Crippen LogP contribution in [-0.4, -0.2) is 9.97 Å². The summed E-state index contributed by atoms with van der Waals surface area (Å²) in [6, 6.07) is 84.2. The Morgan fingerprint density at radius 1 is 0.302 bits per heavy atom. The molecule has 2 heterocycles. The topological polar surface area (TPSA) is 25.8 Å². The lowest BCUT2D eigenvalue weighted by Gasteiger charge is -2.35. The summed E-state index contributed by atoms with van der Waals surface area (Å²) in [6.45, 7) is 0. The maximum Gasteiger partial charge on any atom is 0.0972 e. The highest BCUT2D eigenvalue weighted by Gasteiger charge is 2.47. The Morgan fingerprint density at radius 2 is 0.794 bits per heavy atom. The van der Waals surface area contributed by atoms with Crippen LogP contribution in [0.25, 0.3) is 98.9 Å². The molecular formula is C61H38N2. The van der Waals surface area contributed by atoms with Gasteiger partial charge in [-0.3, -0.25) is 0 Å². The first kappa shape index (κ1) is 35.5. The first-order valence-corrected chi connectivity index (χ1v) is 21.7. The normalized spacial score (nSPS) is 12.9. The van der Waals surface area contributed by atoms with Gasteiger partial charge in [-0.05, 0) is 95.0 Å². The van der Waals surface area contributed by atoms with Gasteiger partial charge in [-0.2, -0.15) is 0 Å². The Kier molecular flexibility index (Phi) is 7.85. The van der Waals surface area contributed by atoms with Gasteiger partial charge in [0.15, 0.2) is 0 Å². The summed E-state index contributed by atoms with van der Waals surface area (Å²) in [5.74, 6) is 0. The van der Waals surface area contributed by atoms with E-state index in [2.05, 4.69) is 224 Å². The van der Waals surface area contributed by atoms with Gasteiger partial charge in [0.25, 0.3) is 0 Å². The Morgan fingerprint density at radius 3 is 1.51 bits per heavy atom. The number of fused-ring (bicyclic) bond motifs is 11.